The zero-order valence-corrected chi connectivity index (χ0v) is 13.8. The summed E-state index contributed by atoms with van der Waals surface area (Å²) in [6, 6.07) is -0.0828. The van der Waals surface area contributed by atoms with Gasteiger partial charge in [0.1, 0.15) is 5.82 Å². The Labute approximate surface area is 130 Å². The number of rotatable bonds is 4. The van der Waals surface area contributed by atoms with Crippen LogP contribution < -0.4 is 5.32 Å². The minimum Gasteiger partial charge on any atom is -0.469 e. The number of anilines is 1. The SMILES string of the molecule is COC(=O)C[C@@H](Nc1nc(Cl)nc2c1CCC2)C(C)(C)C. The highest BCUT2D eigenvalue weighted by Gasteiger charge is 2.29. The third-order valence-electron chi connectivity index (χ3n) is 3.86. The smallest absolute Gasteiger partial charge is 0.307 e. The van der Waals surface area contributed by atoms with E-state index in [1.807, 2.05) is 0 Å². The molecule has 1 atom stereocenters. The average molecular weight is 312 g/mol. The molecule has 0 fully saturated rings. The molecule has 0 unspecified atom stereocenters. The van der Waals surface area contributed by atoms with Gasteiger partial charge in [-0.15, -0.1) is 0 Å². The van der Waals surface area contributed by atoms with Gasteiger partial charge in [0.2, 0.25) is 5.28 Å². The van der Waals surface area contributed by atoms with Crippen LogP contribution in [0, 0.1) is 5.41 Å². The molecule has 5 nitrogen and oxygen atoms in total. The van der Waals surface area contributed by atoms with E-state index in [-0.39, 0.29) is 29.1 Å². The van der Waals surface area contributed by atoms with Crippen molar-refractivity contribution in [2.24, 2.45) is 5.41 Å². The van der Waals surface area contributed by atoms with Crippen molar-refractivity contribution in [3.63, 3.8) is 0 Å². The summed E-state index contributed by atoms with van der Waals surface area (Å²) < 4.78 is 4.79. The Bertz CT molecular complexity index is 540. The molecule has 2 rings (SSSR count). The molecular weight excluding hydrogens is 290 g/mol. The summed E-state index contributed by atoms with van der Waals surface area (Å²) >= 11 is 6.01. The molecule has 1 heterocycles. The summed E-state index contributed by atoms with van der Waals surface area (Å²) in [6.45, 7) is 6.24. The van der Waals surface area contributed by atoms with Gasteiger partial charge >= 0.3 is 5.97 Å². The number of aromatic nitrogens is 2. The van der Waals surface area contributed by atoms with Gasteiger partial charge in [-0.05, 0) is 36.3 Å². The van der Waals surface area contributed by atoms with Gasteiger partial charge in [-0.3, -0.25) is 4.79 Å². The highest BCUT2D eigenvalue weighted by molar-refractivity contribution is 6.28. The van der Waals surface area contributed by atoms with E-state index in [9.17, 15) is 4.79 Å². The first-order chi connectivity index (χ1) is 9.81. The van der Waals surface area contributed by atoms with Crippen LogP contribution in [0.15, 0.2) is 0 Å². The van der Waals surface area contributed by atoms with E-state index in [0.717, 1.165) is 36.3 Å². The van der Waals surface area contributed by atoms with Gasteiger partial charge in [-0.1, -0.05) is 20.8 Å². The Hall–Kier alpha value is -1.36. The normalized spacial score (nSPS) is 15.5. The number of methoxy groups -OCH3 is 1. The Morgan fingerprint density at radius 1 is 1.38 bits per heavy atom. The first kappa shape index (κ1) is 16.0. The summed E-state index contributed by atoms with van der Waals surface area (Å²) in [5.41, 5.74) is 2.03. The molecule has 1 N–H and O–H groups in total. The molecule has 0 aliphatic heterocycles. The number of hydrogen-bond donors (Lipinski definition) is 1. The van der Waals surface area contributed by atoms with Crippen LogP contribution in [0.1, 0.15) is 44.9 Å². The second-order valence-corrected chi connectivity index (χ2v) is 6.80. The minimum atomic E-state index is -0.237. The number of ether oxygens (including phenoxy) is 1. The first-order valence-corrected chi connectivity index (χ1v) is 7.57. The van der Waals surface area contributed by atoms with E-state index < -0.39 is 0 Å². The number of esters is 1. The number of halogens is 1. The van der Waals surface area contributed by atoms with Crippen LogP contribution in [0.2, 0.25) is 5.28 Å². The summed E-state index contributed by atoms with van der Waals surface area (Å²) in [5, 5.41) is 3.64. The van der Waals surface area contributed by atoms with E-state index in [4.69, 9.17) is 16.3 Å². The maximum absolute atomic E-state index is 11.6. The van der Waals surface area contributed by atoms with E-state index in [1.165, 1.54) is 7.11 Å². The third kappa shape index (κ3) is 3.84. The predicted octanol–water partition coefficient (Wildman–Crippen LogP) is 3.01. The average Bonchev–Trinajstić information content (AvgIpc) is 2.84. The number of hydrogen-bond acceptors (Lipinski definition) is 5. The van der Waals surface area contributed by atoms with Crippen LogP contribution in [0.25, 0.3) is 0 Å². The van der Waals surface area contributed by atoms with E-state index in [0.29, 0.717) is 0 Å². The highest BCUT2D eigenvalue weighted by Crippen LogP contribution is 2.31. The van der Waals surface area contributed by atoms with Crippen LogP contribution in [0.4, 0.5) is 5.82 Å². The van der Waals surface area contributed by atoms with Gasteiger partial charge in [0.15, 0.2) is 0 Å². The molecule has 116 valence electrons. The maximum atomic E-state index is 11.6. The zero-order chi connectivity index (χ0) is 15.6. The quantitative estimate of drug-likeness (QED) is 0.684. The molecular formula is C15H22ClN3O2. The molecule has 1 aromatic heterocycles. The lowest BCUT2D eigenvalue weighted by Gasteiger charge is -2.31. The highest BCUT2D eigenvalue weighted by atomic mass is 35.5. The van der Waals surface area contributed by atoms with Crippen molar-refractivity contribution in [1.29, 1.82) is 0 Å². The number of carbonyl (C=O) groups excluding carboxylic acids is 1. The molecule has 0 aromatic carbocycles. The monoisotopic (exact) mass is 311 g/mol. The number of nitrogens with zero attached hydrogens (tertiary/aromatic N) is 2. The molecule has 1 aromatic rings. The summed E-state index contributed by atoms with van der Waals surface area (Å²) in [6.07, 6.45) is 3.24. The van der Waals surface area contributed by atoms with Crippen LogP contribution >= 0.6 is 11.6 Å². The fraction of sp³-hybridized carbons (Fsp3) is 0.667. The largest absolute Gasteiger partial charge is 0.469 e. The van der Waals surface area contributed by atoms with Crippen LogP contribution in [0.5, 0.6) is 0 Å². The van der Waals surface area contributed by atoms with Gasteiger partial charge in [0.05, 0.1) is 19.2 Å². The molecule has 0 radical (unpaired) electrons. The van der Waals surface area contributed by atoms with Crippen molar-refractivity contribution in [2.75, 3.05) is 12.4 Å². The molecule has 6 heteroatoms. The van der Waals surface area contributed by atoms with Crippen molar-refractivity contribution in [3.8, 4) is 0 Å². The standard InChI is InChI=1S/C15H22ClN3O2/c1-15(2,3)11(8-12(20)21-4)18-13-9-6-5-7-10(9)17-14(16)19-13/h11H,5-8H2,1-4H3,(H,17,18,19)/t11-/m1/s1. The molecule has 0 saturated carbocycles. The van der Waals surface area contributed by atoms with E-state index in [1.54, 1.807) is 0 Å². The summed E-state index contributed by atoms with van der Waals surface area (Å²) in [4.78, 5) is 20.2. The number of aryl methyl sites for hydroxylation is 1. The molecule has 1 aliphatic carbocycles. The first-order valence-electron chi connectivity index (χ1n) is 7.20. The van der Waals surface area contributed by atoms with Gasteiger partial charge in [0.25, 0.3) is 0 Å². The topological polar surface area (TPSA) is 64.1 Å². The van der Waals surface area contributed by atoms with Crippen molar-refractivity contribution in [1.82, 2.24) is 9.97 Å². The minimum absolute atomic E-state index is 0.0828. The lowest BCUT2D eigenvalue weighted by molar-refractivity contribution is -0.141. The van der Waals surface area contributed by atoms with E-state index >= 15 is 0 Å². The number of nitrogens with one attached hydrogen (secondary N) is 1. The number of fused-ring (bicyclic) bond motifs is 1. The molecule has 0 amide bonds. The lowest BCUT2D eigenvalue weighted by atomic mass is 9.84. The summed E-state index contributed by atoms with van der Waals surface area (Å²) in [5.74, 6) is 0.519. The van der Waals surface area contributed by atoms with Crippen LogP contribution in [0.3, 0.4) is 0 Å². The van der Waals surface area contributed by atoms with Gasteiger partial charge in [-0.25, -0.2) is 9.97 Å². The molecule has 0 spiro atoms. The predicted molar refractivity (Wildman–Crippen MR) is 82.6 cm³/mol. The lowest BCUT2D eigenvalue weighted by Crippen LogP contribution is -2.37. The summed E-state index contributed by atoms with van der Waals surface area (Å²) in [7, 11) is 1.40. The molecule has 0 bridgehead atoms. The van der Waals surface area contributed by atoms with Gasteiger partial charge in [0, 0.05) is 11.6 Å². The molecule has 1 aliphatic rings. The number of carbonyl (C=O) groups is 1. The van der Waals surface area contributed by atoms with Crippen molar-refractivity contribution in [2.45, 2.75) is 52.5 Å². The van der Waals surface area contributed by atoms with Crippen molar-refractivity contribution >= 4 is 23.4 Å². The third-order valence-corrected chi connectivity index (χ3v) is 4.03. The van der Waals surface area contributed by atoms with Crippen LogP contribution in [-0.2, 0) is 22.4 Å². The Morgan fingerprint density at radius 3 is 2.71 bits per heavy atom. The van der Waals surface area contributed by atoms with Gasteiger partial charge < -0.3 is 10.1 Å². The van der Waals surface area contributed by atoms with E-state index in [2.05, 4.69) is 36.1 Å². The molecule has 0 saturated heterocycles. The molecule has 21 heavy (non-hydrogen) atoms. The van der Waals surface area contributed by atoms with Crippen LogP contribution in [-0.4, -0.2) is 29.1 Å². The van der Waals surface area contributed by atoms with Crippen molar-refractivity contribution in [3.05, 3.63) is 16.5 Å². The Kier molecular flexibility index (Phi) is 4.71. The Balaban J connectivity index is 2.27. The fourth-order valence-electron chi connectivity index (χ4n) is 2.51. The fourth-order valence-corrected chi connectivity index (χ4v) is 2.70. The van der Waals surface area contributed by atoms with Gasteiger partial charge in [-0.2, -0.15) is 0 Å². The van der Waals surface area contributed by atoms with Crippen molar-refractivity contribution < 1.29 is 9.53 Å². The zero-order valence-electron chi connectivity index (χ0n) is 13.0. The second-order valence-electron chi connectivity index (χ2n) is 6.46. The second kappa shape index (κ2) is 6.18. The maximum Gasteiger partial charge on any atom is 0.307 e. The Morgan fingerprint density at radius 2 is 2.10 bits per heavy atom.